The molecule has 0 aliphatic heterocycles. The molecule has 1 heterocycles. The molecule has 0 saturated heterocycles. The summed E-state index contributed by atoms with van der Waals surface area (Å²) in [6.07, 6.45) is 0.220. The number of carbonyl (C=O) groups excluding carboxylic acids is 1. The lowest BCUT2D eigenvalue weighted by atomic mass is 10.0. The van der Waals surface area contributed by atoms with Crippen LogP contribution in [-0.2, 0) is 21.5 Å². The molecule has 5 heteroatoms. The minimum Gasteiger partial charge on any atom is -0.469 e. The van der Waals surface area contributed by atoms with Crippen molar-refractivity contribution in [3.8, 4) is 0 Å². The number of carbonyl (C=O) groups is 1. The van der Waals surface area contributed by atoms with Crippen molar-refractivity contribution in [1.82, 2.24) is 4.98 Å². The number of nitrogens with zero attached hydrogens (tertiary/aromatic N) is 1. The molecule has 1 aromatic heterocycles. The quantitative estimate of drug-likeness (QED) is 0.793. The third-order valence-electron chi connectivity index (χ3n) is 1.95. The Bertz CT molecular complexity index is 366. The lowest BCUT2D eigenvalue weighted by molar-refractivity contribution is -0.139. The Morgan fingerprint density at radius 2 is 2.20 bits per heavy atom. The second kappa shape index (κ2) is 4.28. The summed E-state index contributed by atoms with van der Waals surface area (Å²) < 4.78 is 4.59. The lowest BCUT2D eigenvalue weighted by Crippen LogP contribution is -2.28. The fraction of sp³-hybridized carbons (Fsp3) is 0.600. The molecule has 0 aromatic carbocycles. The molecule has 1 aromatic rings. The number of ether oxygens (including phenoxy) is 1. The van der Waals surface area contributed by atoms with E-state index in [0.29, 0.717) is 0 Å². The third-order valence-corrected chi connectivity index (χ3v) is 3.45. The van der Waals surface area contributed by atoms with Crippen LogP contribution in [0.25, 0.3) is 0 Å². The minimum atomic E-state index is -0.407. The molecular formula is C10H16N2O2S. The molecule has 0 radical (unpaired) electrons. The predicted molar refractivity (Wildman–Crippen MR) is 59.8 cm³/mol. The standard InChI is InChI=1S/C10H16N2O2S/c1-6-9(10(2,3)11)15-7(12-6)5-8(13)14-4/h5,11H2,1-4H3. The van der Waals surface area contributed by atoms with E-state index in [9.17, 15) is 4.79 Å². The van der Waals surface area contributed by atoms with Gasteiger partial charge in [-0.3, -0.25) is 4.79 Å². The molecule has 1 rings (SSSR count). The van der Waals surface area contributed by atoms with Crippen LogP contribution in [0.2, 0.25) is 0 Å². The molecule has 0 aliphatic carbocycles. The summed E-state index contributed by atoms with van der Waals surface area (Å²) in [6.45, 7) is 5.76. The van der Waals surface area contributed by atoms with Crippen LogP contribution < -0.4 is 5.73 Å². The van der Waals surface area contributed by atoms with E-state index in [-0.39, 0.29) is 12.4 Å². The zero-order chi connectivity index (χ0) is 11.6. The van der Waals surface area contributed by atoms with Crippen LogP contribution in [0.1, 0.15) is 29.4 Å². The van der Waals surface area contributed by atoms with Gasteiger partial charge in [0, 0.05) is 10.4 Å². The SMILES string of the molecule is COC(=O)Cc1nc(C)c(C(C)(C)N)s1. The fourth-order valence-electron chi connectivity index (χ4n) is 1.32. The van der Waals surface area contributed by atoms with Crippen molar-refractivity contribution in [1.29, 1.82) is 0 Å². The van der Waals surface area contributed by atoms with Crippen LogP contribution in [0.15, 0.2) is 0 Å². The van der Waals surface area contributed by atoms with Crippen molar-refractivity contribution in [3.05, 3.63) is 15.6 Å². The number of aromatic nitrogens is 1. The number of aryl methyl sites for hydroxylation is 1. The highest BCUT2D eigenvalue weighted by Crippen LogP contribution is 2.27. The average Bonchev–Trinajstić information content (AvgIpc) is 2.45. The van der Waals surface area contributed by atoms with Gasteiger partial charge in [-0.05, 0) is 20.8 Å². The van der Waals surface area contributed by atoms with Gasteiger partial charge in [-0.25, -0.2) is 4.98 Å². The Balaban J connectivity index is 2.91. The molecule has 0 unspecified atom stereocenters. The maximum absolute atomic E-state index is 11.1. The monoisotopic (exact) mass is 228 g/mol. The first-order valence-electron chi connectivity index (χ1n) is 4.67. The molecule has 4 nitrogen and oxygen atoms in total. The molecule has 0 atom stereocenters. The largest absolute Gasteiger partial charge is 0.469 e. The van der Waals surface area contributed by atoms with Crippen molar-refractivity contribution in [3.63, 3.8) is 0 Å². The van der Waals surface area contributed by atoms with Crippen molar-refractivity contribution in [2.24, 2.45) is 5.73 Å². The Morgan fingerprint density at radius 1 is 1.60 bits per heavy atom. The van der Waals surface area contributed by atoms with E-state index >= 15 is 0 Å². The van der Waals surface area contributed by atoms with Gasteiger partial charge in [0.25, 0.3) is 0 Å². The summed E-state index contributed by atoms with van der Waals surface area (Å²) in [4.78, 5) is 16.4. The molecule has 0 bridgehead atoms. The summed E-state index contributed by atoms with van der Waals surface area (Å²) in [5.41, 5.74) is 6.48. The van der Waals surface area contributed by atoms with Gasteiger partial charge in [-0.2, -0.15) is 0 Å². The average molecular weight is 228 g/mol. The highest BCUT2D eigenvalue weighted by molar-refractivity contribution is 7.12. The number of hydrogen-bond acceptors (Lipinski definition) is 5. The van der Waals surface area contributed by atoms with E-state index in [2.05, 4.69) is 9.72 Å². The molecule has 0 spiro atoms. The predicted octanol–water partition coefficient (Wildman–Crippen LogP) is 1.36. The fourth-order valence-corrected chi connectivity index (χ4v) is 2.39. The summed E-state index contributed by atoms with van der Waals surface area (Å²) in [6, 6.07) is 0. The number of methoxy groups -OCH3 is 1. The lowest BCUT2D eigenvalue weighted by Gasteiger charge is -2.16. The molecule has 15 heavy (non-hydrogen) atoms. The van der Waals surface area contributed by atoms with Crippen LogP contribution in [0.5, 0.6) is 0 Å². The van der Waals surface area contributed by atoms with Crippen molar-refractivity contribution < 1.29 is 9.53 Å². The number of thiazole rings is 1. The first kappa shape index (κ1) is 12.1. The molecular weight excluding hydrogens is 212 g/mol. The molecule has 84 valence electrons. The highest BCUT2D eigenvalue weighted by Gasteiger charge is 2.22. The zero-order valence-corrected chi connectivity index (χ0v) is 10.3. The Morgan fingerprint density at radius 3 is 2.60 bits per heavy atom. The number of hydrogen-bond donors (Lipinski definition) is 1. The maximum Gasteiger partial charge on any atom is 0.312 e. The number of rotatable bonds is 3. The molecule has 0 aliphatic rings. The summed E-state index contributed by atoms with van der Waals surface area (Å²) in [7, 11) is 1.37. The Kier molecular flexibility index (Phi) is 3.46. The van der Waals surface area contributed by atoms with E-state index in [1.165, 1.54) is 18.4 Å². The molecule has 0 fully saturated rings. The van der Waals surface area contributed by atoms with Crippen LogP contribution in [0.4, 0.5) is 0 Å². The third kappa shape index (κ3) is 3.00. The zero-order valence-electron chi connectivity index (χ0n) is 9.46. The van der Waals surface area contributed by atoms with Gasteiger partial charge in [0.2, 0.25) is 0 Å². The Labute approximate surface area is 93.5 Å². The van der Waals surface area contributed by atoms with E-state index in [0.717, 1.165) is 15.6 Å². The first-order chi connectivity index (χ1) is 6.84. The van der Waals surface area contributed by atoms with Crippen molar-refractivity contribution >= 4 is 17.3 Å². The smallest absolute Gasteiger partial charge is 0.312 e. The van der Waals surface area contributed by atoms with Gasteiger partial charge in [0.1, 0.15) is 5.01 Å². The Hall–Kier alpha value is -0.940. The van der Waals surface area contributed by atoms with Crippen molar-refractivity contribution in [2.75, 3.05) is 7.11 Å². The first-order valence-corrected chi connectivity index (χ1v) is 5.48. The number of esters is 1. The van der Waals surface area contributed by atoms with Gasteiger partial charge in [-0.15, -0.1) is 11.3 Å². The van der Waals surface area contributed by atoms with E-state index in [4.69, 9.17) is 5.73 Å². The normalized spacial score (nSPS) is 11.5. The van der Waals surface area contributed by atoms with Crippen LogP contribution in [0.3, 0.4) is 0 Å². The van der Waals surface area contributed by atoms with Crippen LogP contribution in [0, 0.1) is 6.92 Å². The summed E-state index contributed by atoms with van der Waals surface area (Å²) in [5, 5.41) is 0.757. The summed E-state index contributed by atoms with van der Waals surface area (Å²) >= 11 is 1.47. The van der Waals surface area contributed by atoms with Crippen molar-refractivity contribution in [2.45, 2.75) is 32.7 Å². The minimum absolute atomic E-state index is 0.220. The maximum atomic E-state index is 11.1. The second-order valence-electron chi connectivity index (χ2n) is 4.00. The van der Waals surface area contributed by atoms with E-state index < -0.39 is 5.54 Å². The van der Waals surface area contributed by atoms with Gasteiger partial charge in [0.15, 0.2) is 0 Å². The molecule has 0 saturated carbocycles. The molecule has 2 N–H and O–H groups in total. The summed E-state index contributed by atoms with van der Waals surface area (Å²) in [5.74, 6) is -0.273. The van der Waals surface area contributed by atoms with Gasteiger partial charge in [0.05, 0.1) is 19.2 Å². The molecule has 0 amide bonds. The van der Waals surface area contributed by atoms with Gasteiger partial charge >= 0.3 is 5.97 Å². The van der Waals surface area contributed by atoms with Gasteiger partial charge < -0.3 is 10.5 Å². The van der Waals surface area contributed by atoms with Crippen LogP contribution in [-0.4, -0.2) is 18.1 Å². The van der Waals surface area contributed by atoms with E-state index in [1.54, 1.807) is 0 Å². The second-order valence-corrected chi connectivity index (χ2v) is 5.08. The van der Waals surface area contributed by atoms with Crippen LogP contribution >= 0.6 is 11.3 Å². The number of nitrogens with two attached hydrogens (primary N) is 1. The topological polar surface area (TPSA) is 65.2 Å². The highest BCUT2D eigenvalue weighted by atomic mass is 32.1. The van der Waals surface area contributed by atoms with Gasteiger partial charge in [-0.1, -0.05) is 0 Å². The van der Waals surface area contributed by atoms with E-state index in [1.807, 2.05) is 20.8 Å².